The molecule has 1 unspecified atom stereocenters. The van der Waals surface area contributed by atoms with E-state index >= 15 is 0 Å². The highest BCUT2D eigenvalue weighted by atomic mass is 16.4. The fourth-order valence-electron chi connectivity index (χ4n) is 1.71. The lowest BCUT2D eigenvalue weighted by Crippen LogP contribution is -2.29. The van der Waals surface area contributed by atoms with Crippen LogP contribution in [0.5, 0.6) is 0 Å². The molecule has 1 N–H and O–H groups in total. The minimum atomic E-state index is -1.05. The lowest BCUT2D eigenvalue weighted by Gasteiger charge is -2.12. The van der Waals surface area contributed by atoms with Crippen LogP contribution in [0.15, 0.2) is 12.4 Å². The molecule has 0 radical (unpaired) electrons. The molecule has 1 aromatic rings. The van der Waals surface area contributed by atoms with Crippen LogP contribution in [0.25, 0.3) is 0 Å². The number of anilines is 1. The number of carboxylic acid groups (broad SMARTS) is 1. The van der Waals surface area contributed by atoms with E-state index in [-0.39, 0.29) is 5.91 Å². The summed E-state index contributed by atoms with van der Waals surface area (Å²) in [6.45, 7) is 0.446. The average Bonchev–Trinajstić information content (AvgIpc) is 2.71. The summed E-state index contributed by atoms with van der Waals surface area (Å²) in [7, 11) is 1.75. The fourth-order valence-corrected chi connectivity index (χ4v) is 1.71. The smallest absolute Gasteiger partial charge is 0.316 e. The topological polar surface area (TPSA) is 75.4 Å². The first-order valence-corrected chi connectivity index (χ1v) is 4.62. The second-order valence-corrected chi connectivity index (χ2v) is 3.54. The Bertz CT molecular complexity index is 412. The van der Waals surface area contributed by atoms with Gasteiger partial charge in [0.25, 0.3) is 0 Å². The van der Waals surface area contributed by atoms with Crippen LogP contribution in [0, 0.1) is 5.92 Å². The molecular weight excluding hydrogens is 198 g/mol. The maximum Gasteiger partial charge on any atom is 0.316 e. The zero-order chi connectivity index (χ0) is 11.0. The van der Waals surface area contributed by atoms with Gasteiger partial charge in [-0.15, -0.1) is 0 Å². The van der Waals surface area contributed by atoms with Gasteiger partial charge in [0.1, 0.15) is 5.92 Å². The van der Waals surface area contributed by atoms with Gasteiger partial charge in [-0.3, -0.25) is 14.3 Å². The van der Waals surface area contributed by atoms with Gasteiger partial charge in [0.15, 0.2) is 0 Å². The van der Waals surface area contributed by atoms with Crippen molar-refractivity contribution >= 4 is 17.6 Å². The molecule has 0 bridgehead atoms. The minimum absolute atomic E-state index is 0.351. The standard InChI is InChI=1S/C9H11N3O3/c1-11-5-6(4-10-11)12-3-2-7(8(12)13)9(14)15/h4-5,7H,2-3H2,1H3,(H,14,15). The van der Waals surface area contributed by atoms with E-state index in [0.29, 0.717) is 18.7 Å². The van der Waals surface area contributed by atoms with Crippen LogP contribution < -0.4 is 4.90 Å². The maximum absolute atomic E-state index is 11.7. The van der Waals surface area contributed by atoms with Gasteiger partial charge < -0.3 is 10.0 Å². The second kappa shape index (κ2) is 3.38. The number of hydrogen-bond donors (Lipinski definition) is 1. The Hall–Kier alpha value is -1.85. The molecule has 0 saturated carbocycles. The van der Waals surface area contributed by atoms with Crippen molar-refractivity contribution in [2.45, 2.75) is 6.42 Å². The Balaban J connectivity index is 2.20. The highest BCUT2D eigenvalue weighted by Gasteiger charge is 2.37. The molecule has 1 atom stereocenters. The number of aliphatic carboxylic acids is 1. The van der Waals surface area contributed by atoms with E-state index in [2.05, 4.69) is 5.10 Å². The van der Waals surface area contributed by atoms with Gasteiger partial charge in [0.05, 0.1) is 11.9 Å². The Morgan fingerprint density at radius 2 is 2.40 bits per heavy atom. The second-order valence-electron chi connectivity index (χ2n) is 3.54. The van der Waals surface area contributed by atoms with Crippen molar-refractivity contribution in [3.8, 4) is 0 Å². The molecule has 1 saturated heterocycles. The Labute approximate surface area is 86.1 Å². The normalized spacial score (nSPS) is 21.0. The summed E-state index contributed by atoms with van der Waals surface area (Å²) in [4.78, 5) is 23.9. The molecule has 1 aromatic heterocycles. The molecule has 0 aromatic carbocycles. The highest BCUT2D eigenvalue weighted by Crippen LogP contribution is 2.24. The van der Waals surface area contributed by atoms with Crippen molar-refractivity contribution < 1.29 is 14.7 Å². The molecule has 1 amide bonds. The van der Waals surface area contributed by atoms with Gasteiger partial charge in [0, 0.05) is 19.8 Å². The van der Waals surface area contributed by atoms with Crippen molar-refractivity contribution in [1.82, 2.24) is 9.78 Å². The molecule has 0 aliphatic carbocycles. The predicted molar refractivity (Wildman–Crippen MR) is 51.3 cm³/mol. The van der Waals surface area contributed by atoms with E-state index in [1.807, 2.05) is 0 Å². The van der Waals surface area contributed by atoms with Gasteiger partial charge in [-0.2, -0.15) is 5.10 Å². The summed E-state index contributed by atoms with van der Waals surface area (Å²) in [6, 6.07) is 0. The summed E-state index contributed by atoms with van der Waals surface area (Å²) in [5.41, 5.74) is 0.659. The first-order valence-electron chi connectivity index (χ1n) is 4.62. The summed E-state index contributed by atoms with van der Waals surface area (Å²) >= 11 is 0. The van der Waals surface area contributed by atoms with Gasteiger partial charge >= 0.3 is 5.97 Å². The van der Waals surface area contributed by atoms with Crippen molar-refractivity contribution in [2.24, 2.45) is 13.0 Å². The molecule has 1 aliphatic rings. The lowest BCUT2D eigenvalue weighted by molar-refractivity contribution is -0.144. The van der Waals surface area contributed by atoms with Gasteiger partial charge in [-0.1, -0.05) is 0 Å². The fraction of sp³-hybridized carbons (Fsp3) is 0.444. The SMILES string of the molecule is Cn1cc(N2CCC(C(=O)O)C2=O)cn1. The molecule has 2 heterocycles. The third-order valence-corrected chi connectivity index (χ3v) is 2.51. The van der Waals surface area contributed by atoms with Crippen LogP contribution in [0.4, 0.5) is 5.69 Å². The number of aryl methyl sites for hydroxylation is 1. The zero-order valence-corrected chi connectivity index (χ0v) is 8.25. The van der Waals surface area contributed by atoms with Crippen molar-refractivity contribution in [3.05, 3.63) is 12.4 Å². The van der Waals surface area contributed by atoms with Crippen LogP contribution in [0.2, 0.25) is 0 Å². The third-order valence-electron chi connectivity index (χ3n) is 2.51. The van der Waals surface area contributed by atoms with Crippen LogP contribution >= 0.6 is 0 Å². The number of aromatic nitrogens is 2. The number of rotatable bonds is 2. The zero-order valence-electron chi connectivity index (χ0n) is 8.25. The molecule has 1 fully saturated rings. The first kappa shape index (κ1) is 9.70. The predicted octanol–water partition coefficient (Wildman–Crippen LogP) is -0.142. The van der Waals surface area contributed by atoms with Crippen LogP contribution in [-0.2, 0) is 16.6 Å². The average molecular weight is 209 g/mol. The Morgan fingerprint density at radius 3 is 2.87 bits per heavy atom. The molecular formula is C9H11N3O3. The van der Waals surface area contributed by atoms with Crippen LogP contribution in [0.1, 0.15) is 6.42 Å². The number of carbonyl (C=O) groups excluding carboxylic acids is 1. The molecule has 1 aliphatic heterocycles. The van der Waals surface area contributed by atoms with E-state index in [0.717, 1.165) is 0 Å². The molecule has 6 heteroatoms. The number of nitrogens with zero attached hydrogens (tertiary/aromatic N) is 3. The number of amides is 1. The third kappa shape index (κ3) is 1.58. The van der Waals surface area contributed by atoms with Gasteiger partial charge in [-0.05, 0) is 6.42 Å². The van der Waals surface area contributed by atoms with E-state index in [9.17, 15) is 9.59 Å². The van der Waals surface area contributed by atoms with Crippen LogP contribution in [0.3, 0.4) is 0 Å². The Kier molecular flexibility index (Phi) is 2.18. The van der Waals surface area contributed by atoms with Crippen LogP contribution in [-0.4, -0.2) is 33.3 Å². The lowest BCUT2D eigenvalue weighted by atomic mass is 10.1. The first-order chi connectivity index (χ1) is 7.09. The maximum atomic E-state index is 11.7. The van der Waals surface area contributed by atoms with Gasteiger partial charge in [0.2, 0.25) is 5.91 Å². The van der Waals surface area contributed by atoms with Crippen molar-refractivity contribution in [1.29, 1.82) is 0 Å². The molecule has 15 heavy (non-hydrogen) atoms. The molecule has 2 rings (SSSR count). The summed E-state index contributed by atoms with van der Waals surface area (Å²) in [5, 5.41) is 12.7. The molecule has 80 valence electrons. The van der Waals surface area contributed by atoms with Gasteiger partial charge in [-0.25, -0.2) is 0 Å². The molecule has 6 nitrogen and oxygen atoms in total. The van der Waals surface area contributed by atoms with E-state index in [1.54, 1.807) is 24.1 Å². The summed E-state index contributed by atoms with van der Waals surface area (Å²) < 4.78 is 1.58. The van der Waals surface area contributed by atoms with E-state index in [1.165, 1.54) is 4.90 Å². The quantitative estimate of drug-likeness (QED) is 0.688. The number of carboxylic acids is 1. The Morgan fingerprint density at radius 1 is 1.67 bits per heavy atom. The van der Waals surface area contributed by atoms with Crippen molar-refractivity contribution in [2.75, 3.05) is 11.4 Å². The summed E-state index contributed by atoms with van der Waals surface area (Å²) in [5.74, 6) is -2.30. The van der Waals surface area contributed by atoms with Crippen molar-refractivity contribution in [3.63, 3.8) is 0 Å². The summed E-state index contributed by atoms with van der Waals surface area (Å²) in [6.07, 6.45) is 3.62. The van der Waals surface area contributed by atoms with E-state index < -0.39 is 11.9 Å². The van der Waals surface area contributed by atoms with E-state index in [4.69, 9.17) is 5.11 Å². The number of carbonyl (C=O) groups is 2. The largest absolute Gasteiger partial charge is 0.481 e. The highest BCUT2D eigenvalue weighted by molar-refractivity contribution is 6.07. The molecule has 0 spiro atoms. The number of hydrogen-bond acceptors (Lipinski definition) is 3. The monoisotopic (exact) mass is 209 g/mol. The minimum Gasteiger partial charge on any atom is -0.481 e.